The Balaban J connectivity index is 1.02. The number of aliphatic carboxylic acids is 1. The molecule has 0 aliphatic carbocycles. The molecule has 1 amide bonds. The fourth-order valence-electron chi connectivity index (χ4n) is 5.93. The minimum atomic E-state index is -0.876. The molecule has 0 unspecified atom stereocenters. The second kappa shape index (κ2) is 33.9. The maximum atomic E-state index is 13.2. The number of rotatable bonds is 40. The molecule has 1 saturated heterocycles. The summed E-state index contributed by atoms with van der Waals surface area (Å²) in [5.74, 6) is -0.00113. The van der Waals surface area contributed by atoms with Crippen molar-refractivity contribution in [3.63, 3.8) is 0 Å². The normalized spacial score (nSPS) is 14.4. The number of nitrogens with two attached hydrogens (primary N) is 1. The van der Waals surface area contributed by atoms with Crippen LogP contribution in [0.2, 0.25) is 0 Å². The Hall–Kier alpha value is -2.63. The summed E-state index contributed by atoms with van der Waals surface area (Å²) in [7, 11) is 0. The summed E-state index contributed by atoms with van der Waals surface area (Å²) in [5.41, 5.74) is 7.66. The van der Waals surface area contributed by atoms with Crippen molar-refractivity contribution >= 4 is 40.8 Å². The second-order valence-corrected chi connectivity index (χ2v) is 15.0. The first-order valence-electron chi connectivity index (χ1n) is 21.2. The van der Waals surface area contributed by atoms with Crippen molar-refractivity contribution in [1.29, 1.82) is 0 Å². The molecule has 1 aromatic rings. The largest absolute Gasteiger partial charge is 0.481 e. The number of hydrogen-bond donors (Lipinski definition) is 2. The summed E-state index contributed by atoms with van der Waals surface area (Å²) >= 11 is 1.69. The van der Waals surface area contributed by atoms with Crippen LogP contribution in [-0.2, 0) is 68.2 Å². The number of amides is 1. The Bertz CT molecular complexity index is 1340. The van der Waals surface area contributed by atoms with Crippen LogP contribution in [0.3, 0.4) is 0 Å². The number of carbonyl (C=O) groups excluding carboxylic acids is 1. The number of hydrogen-bond acceptors (Lipinski definition) is 17. The Labute approximate surface area is 359 Å². The SMILES string of the molecule is CCCN(OCC)C(=O)C1=Cc2sc(CC3CN(CCOCCOCCOCCOCCOCCOCCOCCOCCOCCOCCC(=O)O)C3)cc2N=C(N)C1. The number of ether oxygens (including phenoxy) is 10. The van der Waals surface area contributed by atoms with Crippen LogP contribution < -0.4 is 5.73 Å². The molecule has 2 aliphatic heterocycles. The Morgan fingerprint density at radius 3 is 1.62 bits per heavy atom. The van der Waals surface area contributed by atoms with Crippen molar-refractivity contribution in [3.8, 4) is 0 Å². The molecule has 0 radical (unpaired) electrons. The summed E-state index contributed by atoms with van der Waals surface area (Å²) in [6.45, 7) is 17.3. The van der Waals surface area contributed by atoms with Crippen molar-refractivity contribution in [3.05, 3.63) is 21.4 Å². The topological polar surface area (TPSA) is 201 Å². The van der Waals surface area contributed by atoms with E-state index in [4.69, 9.17) is 63.0 Å². The van der Waals surface area contributed by atoms with Crippen LogP contribution in [0.25, 0.3) is 6.08 Å². The summed E-state index contributed by atoms with van der Waals surface area (Å²) < 4.78 is 54.8. The van der Waals surface area contributed by atoms with Gasteiger partial charge in [-0.3, -0.25) is 14.4 Å². The molecule has 3 rings (SSSR count). The fourth-order valence-corrected chi connectivity index (χ4v) is 7.11. The van der Waals surface area contributed by atoms with Crippen molar-refractivity contribution in [1.82, 2.24) is 9.96 Å². The van der Waals surface area contributed by atoms with Gasteiger partial charge in [0.1, 0.15) is 5.84 Å². The predicted molar refractivity (Wildman–Crippen MR) is 226 cm³/mol. The molecule has 0 bridgehead atoms. The van der Waals surface area contributed by atoms with Gasteiger partial charge in [0.15, 0.2) is 0 Å². The number of aliphatic imine (C=N–C) groups is 1. The molecule has 0 saturated carbocycles. The van der Waals surface area contributed by atoms with Gasteiger partial charge in [-0.1, -0.05) is 6.92 Å². The number of amidine groups is 1. The van der Waals surface area contributed by atoms with Gasteiger partial charge in [-0.2, -0.15) is 0 Å². The number of carbonyl (C=O) groups is 2. The fraction of sp³-hybridized carbons (Fsp3) is 0.780. The van der Waals surface area contributed by atoms with Crippen LogP contribution in [0.4, 0.5) is 5.69 Å². The maximum Gasteiger partial charge on any atom is 0.305 e. The number of likely N-dealkylation sites (tertiary alicyclic amines) is 1. The summed E-state index contributed by atoms with van der Waals surface area (Å²) in [6.07, 6.45) is 4.03. The van der Waals surface area contributed by atoms with Gasteiger partial charge >= 0.3 is 5.97 Å². The molecule has 0 aromatic carbocycles. The number of carboxylic acids is 1. The zero-order valence-electron chi connectivity index (χ0n) is 35.8. The van der Waals surface area contributed by atoms with E-state index in [1.54, 1.807) is 11.3 Å². The molecule has 1 fully saturated rings. The Morgan fingerprint density at radius 1 is 0.733 bits per heavy atom. The minimum Gasteiger partial charge on any atom is -0.481 e. The molecule has 2 aliphatic rings. The van der Waals surface area contributed by atoms with E-state index in [0.29, 0.717) is 162 Å². The lowest BCUT2D eigenvalue weighted by Gasteiger charge is -2.39. The molecular weight excluding hydrogens is 805 g/mol. The molecule has 18 nitrogen and oxygen atoms in total. The zero-order valence-corrected chi connectivity index (χ0v) is 36.6. The van der Waals surface area contributed by atoms with Gasteiger partial charge in [0, 0.05) is 43.1 Å². The van der Waals surface area contributed by atoms with Gasteiger partial charge < -0.3 is 63.1 Å². The molecule has 3 N–H and O–H groups in total. The van der Waals surface area contributed by atoms with Gasteiger partial charge in [0.25, 0.3) is 5.91 Å². The highest BCUT2D eigenvalue weighted by atomic mass is 32.1. The first-order valence-corrected chi connectivity index (χ1v) is 22.0. The summed E-state index contributed by atoms with van der Waals surface area (Å²) in [6, 6.07) is 2.11. The van der Waals surface area contributed by atoms with Gasteiger partial charge in [0.05, 0.1) is 156 Å². The summed E-state index contributed by atoms with van der Waals surface area (Å²) in [5, 5.41) is 9.95. The third kappa shape index (κ3) is 24.1. The van der Waals surface area contributed by atoms with E-state index < -0.39 is 5.97 Å². The smallest absolute Gasteiger partial charge is 0.305 e. The molecule has 344 valence electrons. The number of thiophene rings is 1. The predicted octanol–water partition coefficient (Wildman–Crippen LogP) is 2.83. The van der Waals surface area contributed by atoms with Crippen LogP contribution in [0.15, 0.2) is 16.6 Å². The van der Waals surface area contributed by atoms with Crippen LogP contribution in [0, 0.1) is 5.92 Å². The van der Waals surface area contributed by atoms with Crippen molar-refractivity contribution in [2.45, 2.75) is 39.5 Å². The average molecular weight is 875 g/mol. The lowest BCUT2D eigenvalue weighted by atomic mass is 9.95. The minimum absolute atomic E-state index is 0.00612. The van der Waals surface area contributed by atoms with Crippen LogP contribution in [0.5, 0.6) is 0 Å². The summed E-state index contributed by atoms with van der Waals surface area (Å²) in [4.78, 5) is 38.4. The molecular formula is C41H70N4O14S. The van der Waals surface area contributed by atoms with Gasteiger partial charge in [-0.05, 0) is 37.8 Å². The lowest BCUT2D eigenvalue weighted by molar-refractivity contribution is -0.180. The van der Waals surface area contributed by atoms with Crippen molar-refractivity contribution in [2.24, 2.45) is 16.6 Å². The van der Waals surface area contributed by atoms with E-state index in [0.717, 1.165) is 43.0 Å². The lowest BCUT2D eigenvalue weighted by Crippen LogP contribution is -2.48. The number of fused-ring (bicyclic) bond motifs is 1. The van der Waals surface area contributed by atoms with E-state index >= 15 is 0 Å². The molecule has 0 atom stereocenters. The number of hydroxylamine groups is 2. The average Bonchev–Trinajstić information content (AvgIpc) is 3.50. The first kappa shape index (κ1) is 51.7. The highest BCUT2D eigenvalue weighted by molar-refractivity contribution is 7.13. The van der Waals surface area contributed by atoms with Crippen LogP contribution in [-0.4, -0.2) is 198 Å². The van der Waals surface area contributed by atoms with Gasteiger partial charge in [0.2, 0.25) is 0 Å². The van der Waals surface area contributed by atoms with E-state index in [1.165, 1.54) is 9.94 Å². The monoisotopic (exact) mass is 874 g/mol. The Kier molecular flexibility index (Phi) is 29.2. The van der Waals surface area contributed by atoms with Gasteiger partial charge in [-0.25, -0.2) is 10.1 Å². The maximum absolute atomic E-state index is 13.2. The third-order valence-corrected chi connectivity index (χ3v) is 9.92. The van der Waals surface area contributed by atoms with E-state index in [2.05, 4.69) is 16.0 Å². The third-order valence-electron chi connectivity index (χ3n) is 8.83. The molecule has 0 spiro atoms. The Morgan fingerprint density at radius 2 is 1.18 bits per heavy atom. The molecule has 1 aromatic heterocycles. The number of nitrogens with zero attached hydrogens (tertiary/aromatic N) is 3. The van der Waals surface area contributed by atoms with E-state index in [9.17, 15) is 9.59 Å². The van der Waals surface area contributed by atoms with Crippen LogP contribution >= 0.6 is 11.3 Å². The standard InChI is InChI=1S/C41H70N4O14S/c1-3-6-45(59-4-2)41(48)35-29-38-37(43-39(42)30-35)31-36(60-38)28-34-32-44(33-34)7-9-50-11-13-52-15-17-54-19-21-56-23-25-58-27-26-57-24-22-55-20-18-53-16-14-51-12-10-49-8-5-40(46)47/h29,31,34H,3-28,30,32-33H2,1-2H3,(H2,42,43)(H,46,47). The highest BCUT2D eigenvalue weighted by Crippen LogP contribution is 2.36. The number of carboxylic acid groups (broad SMARTS) is 1. The quantitative estimate of drug-likeness (QED) is 0.0720. The van der Waals surface area contributed by atoms with Crippen molar-refractivity contribution in [2.75, 3.05) is 165 Å². The van der Waals surface area contributed by atoms with E-state index in [1.807, 2.05) is 19.9 Å². The molecule has 3 heterocycles. The second-order valence-electron chi connectivity index (χ2n) is 13.8. The van der Waals surface area contributed by atoms with Crippen LogP contribution in [0.1, 0.15) is 42.9 Å². The molecule has 60 heavy (non-hydrogen) atoms. The first-order chi connectivity index (χ1) is 29.4. The van der Waals surface area contributed by atoms with E-state index in [-0.39, 0.29) is 18.9 Å². The highest BCUT2D eigenvalue weighted by Gasteiger charge is 2.28. The van der Waals surface area contributed by atoms with Gasteiger partial charge in [-0.15, -0.1) is 11.3 Å². The zero-order chi connectivity index (χ0) is 42.9. The van der Waals surface area contributed by atoms with Crippen molar-refractivity contribution < 1.29 is 66.9 Å². The molecule has 19 heteroatoms.